The molecule has 0 radical (unpaired) electrons. The molecule has 2 N–H and O–H groups in total. The summed E-state index contributed by atoms with van der Waals surface area (Å²) in [7, 11) is 0. The minimum Gasteiger partial charge on any atom is -0.379 e. The number of morpholine rings is 1. The molecular formula is C23H41N3OS. The summed E-state index contributed by atoms with van der Waals surface area (Å²) >= 11 is 5.36. The molecule has 1 aliphatic heterocycles. The van der Waals surface area contributed by atoms with Gasteiger partial charge < -0.3 is 15.4 Å². The van der Waals surface area contributed by atoms with Gasteiger partial charge in [-0.1, -0.05) is 34.9 Å². The lowest BCUT2D eigenvalue weighted by Crippen LogP contribution is -2.39. The zero-order valence-electron chi connectivity index (χ0n) is 18.5. The summed E-state index contributed by atoms with van der Waals surface area (Å²) in [4.78, 5) is 2.45. The molecule has 5 heteroatoms. The third-order valence-corrected chi connectivity index (χ3v) is 5.16. The molecule has 1 fully saturated rings. The number of hydrogen-bond donors (Lipinski definition) is 2. The summed E-state index contributed by atoms with van der Waals surface area (Å²) in [5.74, 6) is 0. The smallest absolute Gasteiger partial charge is 0.166 e. The van der Waals surface area contributed by atoms with Gasteiger partial charge in [0.05, 0.1) is 13.2 Å². The lowest BCUT2D eigenvalue weighted by molar-refractivity contribution is 0.0376. The first kappa shape index (κ1) is 24.9. The van der Waals surface area contributed by atoms with E-state index in [2.05, 4.69) is 61.5 Å². The average Bonchev–Trinajstić information content (AvgIpc) is 2.66. The first-order valence-electron chi connectivity index (χ1n) is 10.7. The van der Waals surface area contributed by atoms with Gasteiger partial charge in [0.2, 0.25) is 0 Å². The second-order valence-corrected chi connectivity index (χ2v) is 8.31. The van der Waals surface area contributed by atoms with E-state index in [1.165, 1.54) is 23.1 Å². The molecule has 0 aliphatic carbocycles. The average molecular weight is 408 g/mol. The molecule has 0 aromatic rings. The minimum atomic E-state index is 0.751. The lowest BCUT2D eigenvalue weighted by Gasteiger charge is -2.26. The van der Waals surface area contributed by atoms with Crippen molar-refractivity contribution in [2.75, 3.05) is 45.9 Å². The molecule has 0 saturated carbocycles. The van der Waals surface area contributed by atoms with Gasteiger partial charge in [0.1, 0.15) is 0 Å². The van der Waals surface area contributed by atoms with Gasteiger partial charge in [-0.05, 0) is 78.6 Å². The van der Waals surface area contributed by atoms with E-state index < -0.39 is 0 Å². The topological polar surface area (TPSA) is 36.5 Å². The lowest BCUT2D eigenvalue weighted by atomic mass is 10.1. The Morgan fingerprint density at radius 2 is 1.57 bits per heavy atom. The molecule has 0 unspecified atom stereocenters. The summed E-state index contributed by atoms with van der Waals surface area (Å²) in [6, 6.07) is 0. The van der Waals surface area contributed by atoms with E-state index in [1.54, 1.807) is 0 Å². The Morgan fingerprint density at radius 1 is 0.929 bits per heavy atom. The highest BCUT2D eigenvalue weighted by Gasteiger charge is 2.08. The van der Waals surface area contributed by atoms with E-state index in [9.17, 15) is 0 Å². The molecule has 0 atom stereocenters. The molecule has 0 amide bonds. The highest BCUT2D eigenvalue weighted by atomic mass is 32.1. The van der Waals surface area contributed by atoms with Crippen molar-refractivity contribution in [3.8, 4) is 0 Å². The molecular weight excluding hydrogens is 366 g/mol. The number of nitrogens with one attached hydrogen (secondary N) is 2. The third-order valence-electron chi connectivity index (χ3n) is 4.88. The zero-order chi connectivity index (χ0) is 20.6. The zero-order valence-corrected chi connectivity index (χ0v) is 19.3. The van der Waals surface area contributed by atoms with Crippen molar-refractivity contribution < 1.29 is 4.74 Å². The van der Waals surface area contributed by atoms with Crippen molar-refractivity contribution in [1.82, 2.24) is 15.5 Å². The van der Waals surface area contributed by atoms with Gasteiger partial charge in [-0.15, -0.1) is 0 Å². The van der Waals surface area contributed by atoms with Crippen molar-refractivity contribution in [2.45, 2.75) is 59.8 Å². The number of nitrogens with zero attached hydrogens (tertiary/aromatic N) is 1. The largest absolute Gasteiger partial charge is 0.379 e. The van der Waals surface area contributed by atoms with Crippen LogP contribution in [0.4, 0.5) is 0 Å². The van der Waals surface area contributed by atoms with Gasteiger partial charge in [0, 0.05) is 26.2 Å². The number of allylic oxidation sites excluding steroid dienone is 5. The molecule has 4 nitrogen and oxygen atoms in total. The molecule has 1 aliphatic rings. The fraction of sp³-hybridized carbons (Fsp3) is 0.696. The Balaban J connectivity index is 2.06. The molecule has 0 aromatic heterocycles. The predicted octanol–water partition coefficient (Wildman–Crippen LogP) is 4.59. The van der Waals surface area contributed by atoms with Crippen LogP contribution in [0.2, 0.25) is 0 Å². The van der Waals surface area contributed by atoms with Crippen LogP contribution in [-0.2, 0) is 4.74 Å². The van der Waals surface area contributed by atoms with Crippen molar-refractivity contribution in [1.29, 1.82) is 0 Å². The molecule has 0 spiro atoms. The van der Waals surface area contributed by atoms with E-state index >= 15 is 0 Å². The first-order chi connectivity index (χ1) is 13.5. The maximum absolute atomic E-state index is 5.37. The van der Waals surface area contributed by atoms with E-state index in [-0.39, 0.29) is 0 Å². The molecule has 1 saturated heterocycles. The number of ether oxygens (including phenoxy) is 1. The Bertz CT molecular complexity index is 530. The van der Waals surface area contributed by atoms with Crippen LogP contribution in [0, 0.1) is 0 Å². The monoisotopic (exact) mass is 407 g/mol. The summed E-state index contributed by atoms with van der Waals surface area (Å²) in [5, 5.41) is 7.33. The van der Waals surface area contributed by atoms with Gasteiger partial charge in [-0.2, -0.15) is 0 Å². The second kappa shape index (κ2) is 15.7. The number of hydrogen-bond acceptors (Lipinski definition) is 3. The standard InChI is InChI=1S/C23H41N3OS/c1-20(2)8-5-9-21(3)10-6-11-22(4)12-14-25-23(28)24-13-7-15-26-16-18-27-19-17-26/h8,10,12H,5-7,9,11,13-19H2,1-4H3,(H2,24,25,28)/b21-10+,22-12+. The van der Waals surface area contributed by atoms with Gasteiger partial charge >= 0.3 is 0 Å². The molecule has 0 aromatic carbocycles. The van der Waals surface area contributed by atoms with Crippen molar-refractivity contribution in [3.05, 3.63) is 34.9 Å². The minimum absolute atomic E-state index is 0.751. The first-order valence-corrected chi connectivity index (χ1v) is 11.1. The van der Waals surface area contributed by atoms with E-state index in [0.29, 0.717) is 0 Å². The highest BCUT2D eigenvalue weighted by Crippen LogP contribution is 2.11. The van der Waals surface area contributed by atoms with Crippen LogP contribution in [0.3, 0.4) is 0 Å². The van der Waals surface area contributed by atoms with Crippen molar-refractivity contribution in [2.24, 2.45) is 0 Å². The normalized spacial score (nSPS) is 16.0. The fourth-order valence-electron chi connectivity index (χ4n) is 3.05. The third kappa shape index (κ3) is 13.9. The Kier molecular flexibility index (Phi) is 14.0. The van der Waals surface area contributed by atoms with E-state index in [4.69, 9.17) is 17.0 Å². The summed E-state index contributed by atoms with van der Waals surface area (Å²) in [6.45, 7) is 15.4. The predicted molar refractivity (Wildman–Crippen MR) is 126 cm³/mol. The van der Waals surface area contributed by atoms with Crippen LogP contribution < -0.4 is 10.6 Å². The molecule has 1 heterocycles. The summed E-state index contributed by atoms with van der Waals surface area (Å²) in [5.41, 5.74) is 4.31. The van der Waals surface area contributed by atoms with E-state index in [1.807, 2.05) is 0 Å². The Labute approximate surface area is 178 Å². The Hall–Kier alpha value is -1.17. The van der Waals surface area contributed by atoms with Crippen LogP contribution in [0.25, 0.3) is 0 Å². The molecule has 0 bridgehead atoms. The maximum Gasteiger partial charge on any atom is 0.166 e. The highest BCUT2D eigenvalue weighted by molar-refractivity contribution is 7.80. The van der Waals surface area contributed by atoms with Crippen molar-refractivity contribution in [3.63, 3.8) is 0 Å². The van der Waals surface area contributed by atoms with Crippen LogP contribution in [-0.4, -0.2) is 55.9 Å². The number of rotatable bonds is 12. The quantitative estimate of drug-likeness (QED) is 0.281. The van der Waals surface area contributed by atoms with Crippen LogP contribution in [0.15, 0.2) is 34.9 Å². The summed E-state index contributed by atoms with van der Waals surface area (Å²) < 4.78 is 5.37. The molecule has 1 rings (SSSR count). The van der Waals surface area contributed by atoms with Gasteiger partial charge in [-0.25, -0.2) is 0 Å². The van der Waals surface area contributed by atoms with E-state index in [0.717, 1.165) is 76.7 Å². The fourth-order valence-corrected chi connectivity index (χ4v) is 3.23. The maximum atomic E-state index is 5.37. The van der Waals surface area contributed by atoms with Crippen LogP contribution in [0.5, 0.6) is 0 Å². The SMILES string of the molecule is CC(C)=CCC/C(C)=C/CC/C(C)=C/CNC(=S)NCCCN1CCOCC1. The second-order valence-electron chi connectivity index (χ2n) is 7.90. The van der Waals surface area contributed by atoms with Gasteiger partial charge in [0.15, 0.2) is 5.11 Å². The molecule has 28 heavy (non-hydrogen) atoms. The summed E-state index contributed by atoms with van der Waals surface area (Å²) in [6.07, 6.45) is 12.6. The van der Waals surface area contributed by atoms with Crippen molar-refractivity contribution >= 4 is 17.3 Å². The van der Waals surface area contributed by atoms with Crippen LogP contribution in [0.1, 0.15) is 59.8 Å². The van der Waals surface area contributed by atoms with Gasteiger partial charge in [0.25, 0.3) is 0 Å². The van der Waals surface area contributed by atoms with Crippen LogP contribution >= 0.6 is 12.2 Å². The molecule has 160 valence electrons. The Morgan fingerprint density at radius 3 is 2.25 bits per heavy atom. The van der Waals surface area contributed by atoms with Gasteiger partial charge in [-0.3, -0.25) is 4.90 Å². The number of thiocarbonyl (C=S) groups is 1.